The van der Waals surface area contributed by atoms with Crippen LogP contribution in [0.2, 0.25) is 0 Å². The van der Waals surface area contributed by atoms with Crippen LogP contribution in [-0.4, -0.2) is 117 Å². The normalized spacial score (nSPS) is 19.4. The molecule has 2 aliphatic rings. The van der Waals surface area contributed by atoms with Crippen molar-refractivity contribution in [1.29, 1.82) is 0 Å². The Morgan fingerprint density at radius 2 is 1.41 bits per heavy atom. The average molecular weight is 907 g/mol. The summed E-state index contributed by atoms with van der Waals surface area (Å²) < 4.78 is 173. The largest absolute Gasteiger partial charge is 0.748 e. The Morgan fingerprint density at radius 1 is 0.793 bits per heavy atom. The first-order valence-corrected chi connectivity index (χ1v) is 24.6. The molecule has 0 amide bonds. The van der Waals surface area contributed by atoms with Crippen molar-refractivity contribution in [2.45, 2.75) is 54.2 Å². The van der Waals surface area contributed by atoms with E-state index in [1.54, 1.807) is 19.9 Å². The highest BCUT2D eigenvalue weighted by Crippen LogP contribution is 2.52. The van der Waals surface area contributed by atoms with Crippen LogP contribution in [0, 0.1) is 0 Å². The highest BCUT2D eigenvalue weighted by atomic mass is 32.2. The molecule has 0 saturated carbocycles. The SMILES string of the molecule is CC1(C)C(/C=C/C=C2/N(CCCS(=O)(=O)[O-])c3ccc4ccc(S(=O)(=O)O)cc4c3C2(C)CS(=O)(=O)O)=[N+](CCCS(=O)(=O)O)c2cc(S(=O)(=O)O)cc(C(=O)O)c21. The smallest absolute Gasteiger partial charge is 0.336 e. The number of benzene rings is 3. The Kier molecular flexibility index (Phi) is 11.8. The van der Waals surface area contributed by atoms with Crippen LogP contribution < -0.4 is 4.90 Å². The van der Waals surface area contributed by atoms with Gasteiger partial charge in [0.25, 0.3) is 40.5 Å². The van der Waals surface area contributed by atoms with E-state index in [4.69, 9.17) is 0 Å². The minimum absolute atomic E-state index is 0.0359. The van der Waals surface area contributed by atoms with Crippen LogP contribution in [0.25, 0.3) is 10.8 Å². The molecule has 24 heteroatoms. The number of rotatable bonds is 15. The summed E-state index contributed by atoms with van der Waals surface area (Å²) in [4.78, 5) is 12.6. The summed E-state index contributed by atoms with van der Waals surface area (Å²) in [5.74, 6) is -4.17. The third kappa shape index (κ3) is 9.35. The van der Waals surface area contributed by atoms with Crippen molar-refractivity contribution in [3.8, 4) is 0 Å². The van der Waals surface area contributed by atoms with E-state index in [1.165, 1.54) is 46.8 Å². The first-order chi connectivity index (χ1) is 26.3. The van der Waals surface area contributed by atoms with Gasteiger partial charge in [-0.2, -0.15) is 38.2 Å². The van der Waals surface area contributed by atoms with E-state index in [2.05, 4.69) is 0 Å². The van der Waals surface area contributed by atoms with Crippen molar-refractivity contribution in [2.75, 3.05) is 35.2 Å². The van der Waals surface area contributed by atoms with Crippen LogP contribution in [0.3, 0.4) is 0 Å². The second-order valence-corrected chi connectivity index (χ2v) is 21.9. The Hall–Kier alpha value is -4.11. The lowest BCUT2D eigenvalue weighted by Crippen LogP contribution is -2.35. The molecule has 2 heterocycles. The van der Waals surface area contributed by atoms with Gasteiger partial charge in [-0.25, -0.2) is 13.2 Å². The molecule has 0 spiro atoms. The van der Waals surface area contributed by atoms with E-state index < -0.39 is 100 Å². The number of carboxylic acids is 1. The lowest BCUT2D eigenvalue weighted by atomic mass is 9.78. The molecule has 1 atom stereocenters. The number of nitrogens with zero attached hydrogens (tertiary/aromatic N) is 2. The van der Waals surface area contributed by atoms with E-state index in [0.29, 0.717) is 5.39 Å². The zero-order valence-electron chi connectivity index (χ0n) is 30.8. The number of carbonyl (C=O) groups is 1. The van der Waals surface area contributed by atoms with Crippen LogP contribution >= 0.6 is 0 Å². The van der Waals surface area contributed by atoms with Gasteiger partial charge in [-0.15, -0.1) is 0 Å². The van der Waals surface area contributed by atoms with Crippen molar-refractivity contribution in [2.24, 2.45) is 0 Å². The van der Waals surface area contributed by atoms with Gasteiger partial charge in [-0.3, -0.25) is 18.2 Å². The lowest BCUT2D eigenvalue weighted by molar-refractivity contribution is -0.437. The van der Waals surface area contributed by atoms with Gasteiger partial charge in [0.2, 0.25) is 5.69 Å². The number of hydrogen-bond acceptors (Lipinski definition) is 13. The standard InChI is InChI=1S/C34H38N2O17S5/c1-33(2)28(36(14-6-16-55(42,43)44)27-19-23(58(51,52)53)18-25(30(27)33)32(37)38)7-4-8-29-34(3,20-56(45,46)47)31-24-17-22(57(48,49)50)11-9-21(24)10-12-26(31)35(29)13-5-15-54(39,40)41/h4,7-12,17-19H,5-6,13-16,20H2,1-3H3,(H5-,37,38,39,40,41,42,43,44,45,46,47,48,49,50,51,52,53). The van der Waals surface area contributed by atoms with Gasteiger partial charge in [-0.1, -0.05) is 18.2 Å². The summed E-state index contributed by atoms with van der Waals surface area (Å²) in [6.07, 6.45) is 3.62. The summed E-state index contributed by atoms with van der Waals surface area (Å²) in [6, 6.07) is 8.41. The maximum atomic E-state index is 12.7. The lowest BCUT2D eigenvalue weighted by Gasteiger charge is -2.29. The van der Waals surface area contributed by atoms with E-state index >= 15 is 0 Å². The van der Waals surface area contributed by atoms with Crippen LogP contribution in [0.1, 0.15) is 55.1 Å². The number of carboxylic acid groups (broad SMARTS) is 1. The summed E-state index contributed by atoms with van der Waals surface area (Å²) in [6.45, 7) is 4.08. The fourth-order valence-electron chi connectivity index (χ4n) is 7.79. The van der Waals surface area contributed by atoms with E-state index in [-0.39, 0.29) is 65.2 Å². The first-order valence-electron chi connectivity index (χ1n) is 16.9. The summed E-state index contributed by atoms with van der Waals surface area (Å²) >= 11 is 0. The van der Waals surface area contributed by atoms with E-state index in [1.807, 2.05) is 0 Å². The van der Waals surface area contributed by atoms with Crippen LogP contribution in [0.4, 0.5) is 11.4 Å². The van der Waals surface area contributed by atoms with Crippen molar-refractivity contribution in [3.05, 3.63) is 83.1 Å². The third-order valence-corrected chi connectivity index (χ3v) is 14.2. The molecule has 2 aliphatic heterocycles. The molecule has 316 valence electrons. The number of fused-ring (bicyclic) bond motifs is 4. The van der Waals surface area contributed by atoms with Crippen LogP contribution in [-0.2, 0) is 61.4 Å². The Morgan fingerprint density at radius 3 is 1.97 bits per heavy atom. The monoisotopic (exact) mass is 906 g/mol. The Bertz CT molecular complexity index is 2920. The molecule has 0 saturated heterocycles. The topological polar surface area (TPSA) is 318 Å². The molecular formula is C34H38N2O17S5. The van der Waals surface area contributed by atoms with Crippen molar-refractivity contribution in [1.82, 2.24) is 0 Å². The molecule has 5 N–H and O–H groups in total. The van der Waals surface area contributed by atoms with Crippen LogP contribution in [0.5, 0.6) is 0 Å². The number of allylic oxidation sites excluding steroid dienone is 4. The Labute approximate surface area is 334 Å². The van der Waals surface area contributed by atoms with E-state index in [9.17, 15) is 74.8 Å². The first kappa shape index (κ1) is 45.0. The summed E-state index contributed by atoms with van der Waals surface area (Å²) in [7, 11) is -23.9. The molecule has 0 bridgehead atoms. The quantitative estimate of drug-likeness (QED) is 0.108. The highest BCUT2D eigenvalue weighted by Gasteiger charge is 2.49. The van der Waals surface area contributed by atoms with Gasteiger partial charge in [0.1, 0.15) is 11.4 Å². The maximum Gasteiger partial charge on any atom is 0.336 e. The van der Waals surface area contributed by atoms with Gasteiger partial charge in [0, 0.05) is 42.2 Å². The average Bonchev–Trinajstić information content (AvgIpc) is 3.40. The van der Waals surface area contributed by atoms with Gasteiger partial charge in [0.15, 0.2) is 5.71 Å². The van der Waals surface area contributed by atoms with Crippen molar-refractivity contribution < 1.29 is 79.3 Å². The summed E-state index contributed by atoms with van der Waals surface area (Å²) in [5, 5.41) is 10.7. The Balaban J connectivity index is 1.80. The van der Waals surface area contributed by atoms with E-state index in [0.717, 1.165) is 24.3 Å². The van der Waals surface area contributed by atoms with Crippen LogP contribution in [0.15, 0.2) is 76.2 Å². The van der Waals surface area contributed by atoms with Gasteiger partial charge in [0.05, 0.1) is 48.5 Å². The number of hydrogen-bond donors (Lipinski definition) is 5. The fourth-order valence-corrected chi connectivity index (χ4v) is 10.8. The molecular weight excluding hydrogens is 869 g/mol. The zero-order valence-corrected chi connectivity index (χ0v) is 34.9. The third-order valence-electron chi connectivity index (χ3n) is 9.97. The summed E-state index contributed by atoms with van der Waals surface area (Å²) in [5.41, 5.74) is -2.88. The molecule has 3 aromatic rings. The maximum absolute atomic E-state index is 12.7. The van der Waals surface area contributed by atoms with Gasteiger partial charge in [-0.05, 0) is 73.9 Å². The molecule has 19 nitrogen and oxygen atoms in total. The minimum Gasteiger partial charge on any atom is -0.748 e. The molecule has 1 unspecified atom stereocenters. The second-order valence-electron chi connectivity index (χ2n) is 14.5. The van der Waals surface area contributed by atoms with Crippen molar-refractivity contribution in [3.63, 3.8) is 0 Å². The van der Waals surface area contributed by atoms with Gasteiger partial charge >= 0.3 is 5.97 Å². The molecule has 58 heavy (non-hydrogen) atoms. The van der Waals surface area contributed by atoms with Gasteiger partial charge < -0.3 is 14.6 Å². The highest BCUT2D eigenvalue weighted by molar-refractivity contribution is 7.86. The zero-order chi connectivity index (χ0) is 43.6. The molecule has 0 fully saturated rings. The fraction of sp³-hybridized carbons (Fsp3) is 0.353. The van der Waals surface area contributed by atoms with Crippen molar-refractivity contribution >= 4 is 84.4 Å². The predicted octanol–water partition coefficient (Wildman–Crippen LogP) is 2.73. The second kappa shape index (κ2) is 15.2. The molecule has 0 aliphatic carbocycles. The molecule has 3 aromatic carbocycles. The number of aromatic carboxylic acids is 1. The predicted molar refractivity (Wildman–Crippen MR) is 208 cm³/mol. The minimum atomic E-state index is -4.98. The number of anilines is 1. The molecule has 0 radical (unpaired) electrons. The molecule has 0 aromatic heterocycles. The molecule has 5 rings (SSSR count).